The van der Waals surface area contributed by atoms with Crippen LogP contribution in [-0.2, 0) is 20.7 Å². The van der Waals surface area contributed by atoms with Gasteiger partial charge < -0.3 is 14.5 Å². The molecule has 0 N–H and O–H groups in total. The van der Waals surface area contributed by atoms with Gasteiger partial charge in [-0.3, -0.25) is 14.6 Å². The largest absolute Gasteiger partial charge is 0.379 e. The predicted molar refractivity (Wildman–Crippen MR) is 91.7 cm³/mol. The molecule has 2 aliphatic heterocycles. The molecule has 1 unspecified atom stereocenters. The SMILES string of the molecule is O=C(Cc1cccnc1)N1CCC(=O)N(CC2CC2)C2(CCOC2)C1. The van der Waals surface area contributed by atoms with E-state index in [2.05, 4.69) is 9.88 Å². The Hall–Kier alpha value is -1.95. The van der Waals surface area contributed by atoms with Crippen LogP contribution in [0.2, 0.25) is 0 Å². The molecule has 3 fully saturated rings. The number of hydrogen-bond acceptors (Lipinski definition) is 4. The molecule has 1 aliphatic carbocycles. The lowest BCUT2D eigenvalue weighted by Crippen LogP contribution is -2.57. The molecule has 3 aliphatic rings. The Kier molecular flexibility index (Phi) is 4.46. The van der Waals surface area contributed by atoms with Gasteiger partial charge in [0.2, 0.25) is 11.8 Å². The van der Waals surface area contributed by atoms with Crippen LogP contribution in [0.5, 0.6) is 0 Å². The van der Waals surface area contributed by atoms with Gasteiger partial charge in [0.1, 0.15) is 0 Å². The van der Waals surface area contributed by atoms with Crippen molar-refractivity contribution < 1.29 is 14.3 Å². The van der Waals surface area contributed by atoms with Crippen molar-refractivity contribution in [1.82, 2.24) is 14.8 Å². The van der Waals surface area contributed by atoms with Crippen molar-refractivity contribution in [2.75, 3.05) is 32.8 Å². The van der Waals surface area contributed by atoms with E-state index in [1.807, 2.05) is 17.0 Å². The normalized spacial score (nSPS) is 27.0. The molecule has 4 rings (SSSR count). The molecule has 2 saturated heterocycles. The number of ether oxygens (including phenoxy) is 1. The summed E-state index contributed by atoms with van der Waals surface area (Å²) in [4.78, 5) is 33.6. The summed E-state index contributed by atoms with van der Waals surface area (Å²) >= 11 is 0. The Bertz CT molecular complexity index is 639. The maximum absolute atomic E-state index is 12.8. The second-order valence-electron chi connectivity index (χ2n) is 7.58. The highest BCUT2D eigenvalue weighted by Crippen LogP contribution is 2.36. The van der Waals surface area contributed by atoms with E-state index in [0.29, 0.717) is 45.1 Å². The first-order valence-corrected chi connectivity index (χ1v) is 9.21. The van der Waals surface area contributed by atoms with E-state index >= 15 is 0 Å². The van der Waals surface area contributed by atoms with Gasteiger partial charge in [-0.1, -0.05) is 6.07 Å². The summed E-state index contributed by atoms with van der Waals surface area (Å²) in [6, 6.07) is 3.76. The molecule has 1 saturated carbocycles. The van der Waals surface area contributed by atoms with Crippen LogP contribution in [0, 0.1) is 5.92 Å². The number of pyridine rings is 1. The van der Waals surface area contributed by atoms with Crippen LogP contribution < -0.4 is 0 Å². The smallest absolute Gasteiger partial charge is 0.227 e. The molecular weight excluding hydrogens is 318 g/mol. The third-order valence-electron chi connectivity index (χ3n) is 5.61. The van der Waals surface area contributed by atoms with E-state index in [4.69, 9.17) is 4.74 Å². The zero-order valence-corrected chi connectivity index (χ0v) is 14.5. The van der Waals surface area contributed by atoms with Gasteiger partial charge in [-0.15, -0.1) is 0 Å². The summed E-state index contributed by atoms with van der Waals surface area (Å²) in [5.74, 6) is 0.883. The van der Waals surface area contributed by atoms with Crippen LogP contribution in [0.25, 0.3) is 0 Å². The molecule has 0 radical (unpaired) electrons. The highest BCUT2D eigenvalue weighted by molar-refractivity contribution is 5.82. The molecule has 1 aromatic rings. The van der Waals surface area contributed by atoms with Crippen LogP contribution in [0.4, 0.5) is 0 Å². The zero-order valence-electron chi connectivity index (χ0n) is 14.5. The number of carbonyl (C=O) groups excluding carboxylic acids is 2. The summed E-state index contributed by atoms with van der Waals surface area (Å²) in [6.45, 7) is 3.12. The first-order chi connectivity index (χ1) is 12.2. The molecule has 6 heteroatoms. The summed E-state index contributed by atoms with van der Waals surface area (Å²) in [7, 11) is 0. The monoisotopic (exact) mass is 343 g/mol. The van der Waals surface area contributed by atoms with Crippen molar-refractivity contribution in [3.63, 3.8) is 0 Å². The number of aromatic nitrogens is 1. The first kappa shape index (κ1) is 16.5. The number of amides is 2. The lowest BCUT2D eigenvalue weighted by molar-refractivity contribution is -0.138. The highest BCUT2D eigenvalue weighted by atomic mass is 16.5. The minimum absolute atomic E-state index is 0.0698. The fourth-order valence-corrected chi connectivity index (χ4v) is 3.94. The third kappa shape index (κ3) is 3.54. The Labute approximate surface area is 148 Å². The van der Waals surface area contributed by atoms with Gasteiger partial charge in [0.15, 0.2) is 0 Å². The van der Waals surface area contributed by atoms with Crippen molar-refractivity contribution in [3.8, 4) is 0 Å². The Morgan fingerprint density at radius 2 is 2.28 bits per heavy atom. The van der Waals surface area contributed by atoms with Gasteiger partial charge in [0.25, 0.3) is 0 Å². The lowest BCUT2D eigenvalue weighted by Gasteiger charge is -2.40. The molecule has 1 aromatic heterocycles. The molecule has 0 bridgehead atoms. The number of carbonyl (C=O) groups is 2. The van der Waals surface area contributed by atoms with Crippen LogP contribution >= 0.6 is 0 Å². The summed E-state index contributed by atoms with van der Waals surface area (Å²) in [5, 5.41) is 0. The fraction of sp³-hybridized carbons (Fsp3) is 0.632. The van der Waals surface area contributed by atoms with Gasteiger partial charge in [-0.05, 0) is 36.8 Å². The van der Waals surface area contributed by atoms with Crippen molar-refractivity contribution in [2.45, 2.75) is 37.6 Å². The highest BCUT2D eigenvalue weighted by Gasteiger charge is 2.48. The molecule has 25 heavy (non-hydrogen) atoms. The summed E-state index contributed by atoms with van der Waals surface area (Å²) in [6.07, 6.45) is 7.43. The average molecular weight is 343 g/mol. The second kappa shape index (κ2) is 6.75. The summed E-state index contributed by atoms with van der Waals surface area (Å²) < 4.78 is 5.68. The topological polar surface area (TPSA) is 62.7 Å². The summed E-state index contributed by atoms with van der Waals surface area (Å²) in [5.41, 5.74) is 0.579. The molecule has 3 heterocycles. The van der Waals surface area contributed by atoms with E-state index in [-0.39, 0.29) is 17.4 Å². The van der Waals surface area contributed by atoms with E-state index < -0.39 is 0 Å². The van der Waals surface area contributed by atoms with Crippen LogP contribution in [0.3, 0.4) is 0 Å². The van der Waals surface area contributed by atoms with Crippen molar-refractivity contribution >= 4 is 11.8 Å². The van der Waals surface area contributed by atoms with Crippen LogP contribution in [-0.4, -0.2) is 65.0 Å². The van der Waals surface area contributed by atoms with Gasteiger partial charge in [-0.25, -0.2) is 0 Å². The average Bonchev–Trinajstić information content (AvgIpc) is 3.35. The molecule has 0 aromatic carbocycles. The third-order valence-corrected chi connectivity index (χ3v) is 5.61. The van der Waals surface area contributed by atoms with E-state index in [1.54, 1.807) is 12.4 Å². The number of rotatable bonds is 4. The van der Waals surface area contributed by atoms with Gasteiger partial charge in [-0.2, -0.15) is 0 Å². The Morgan fingerprint density at radius 1 is 1.40 bits per heavy atom. The minimum atomic E-state index is -0.333. The van der Waals surface area contributed by atoms with Gasteiger partial charge in [0, 0.05) is 45.1 Å². The maximum Gasteiger partial charge on any atom is 0.227 e. The first-order valence-electron chi connectivity index (χ1n) is 9.21. The molecule has 1 spiro atoms. The van der Waals surface area contributed by atoms with E-state index in [1.165, 1.54) is 12.8 Å². The van der Waals surface area contributed by atoms with E-state index in [9.17, 15) is 9.59 Å². The van der Waals surface area contributed by atoms with Gasteiger partial charge in [0.05, 0.1) is 18.6 Å². The zero-order chi connectivity index (χ0) is 17.3. The number of hydrogen-bond donors (Lipinski definition) is 0. The standard InChI is InChI=1S/C19H25N3O3/c23-17-5-8-21(18(24)10-16-2-1-7-20-11-16)13-19(6-9-25-14-19)22(17)12-15-3-4-15/h1-2,7,11,15H,3-6,8-10,12-14H2. The predicted octanol–water partition coefficient (Wildman–Crippen LogP) is 1.25. The van der Waals surface area contributed by atoms with Gasteiger partial charge >= 0.3 is 0 Å². The van der Waals surface area contributed by atoms with Crippen molar-refractivity contribution in [1.29, 1.82) is 0 Å². The maximum atomic E-state index is 12.8. The molecule has 134 valence electrons. The van der Waals surface area contributed by atoms with Crippen molar-refractivity contribution in [2.24, 2.45) is 5.92 Å². The molecule has 1 atom stereocenters. The molecule has 2 amide bonds. The second-order valence-corrected chi connectivity index (χ2v) is 7.58. The molecule has 6 nitrogen and oxygen atoms in total. The Balaban J connectivity index is 1.52. The molecular formula is C19H25N3O3. The number of nitrogens with zero attached hydrogens (tertiary/aromatic N) is 3. The van der Waals surface area contributed by atoms with Crippen molar-refractivity contribution in [3.05, 3.63) is 30.1 Å². The Morgan fingerprint density at radius 3 is 2.96 bits per heavy atom. The lowest BCUT2D eigenvalue weighted by atomic mass is 9.94. The minimum Gasteiger partial charge on any atom is -0.379 e. The fourth-order valence-electron chi connectivity index (χ4n) is 3.94. The van der Waals surface area contributed by atoms with Crippen LogP contribution in [0.1, 0.15) is 31.2 Å². The van der Waals surface area contributed by atoms with E-state index in [0.717, 1.165) is 18.5 Å². The quantitative estimate of drug-likeness (QED) is 0.826. The van der Waals surface area contributed by atoms with Crippen LogP contribution in [0.15, 0.2) is 24.5 Å².